The van der Waals surface area contributed by atoms with Crippen molar-refractivity contribution in [2.75, 3.05) is 19.7 Å². The van der Waals surface area contributed by atoms with Crippen LogP contribution in [0.3, 0.4) is 0 Å². The zero-order valence-electron chi connectivity index (χ0n) is 10.9. The van der Waals surface area contributed by atoms with Crippen molar-refractivity contribution >= 4 is 11.8 Å². The second-order valence-electron chi connectivity index (χ2n) is 5.23. The van der Waals surface area contributed by atoms with Gasteiger partial charge in [0, 0.05) is 26.0 Å². The van der Waals surface area contributed by atoms with Crippen LogP contribution in [0, 0.1) is 5.41 Å². The predicted octanol–water partition coefficient (Wildman–Crippen LogP) is 0.525. The lowest BCUT2D eigenvalue weighted by Crippen LogP contribution is -2.50. The summed E-state index contributed by atoms with van der Waals surface area (Å²) in [5.74, 6) is -0.242. The number of nitrogens with zero attached hydrogens (tertiary/aromatic N) is 1. The summed E-state index contributed by atoms with van der Waals surface area (Å²) in [5, 5.41) is 0. The Kier molecular flexibility index (Phi) is 4.65. The van der Waals surface area contributed by atoms with Gasteiger partial charge in [-0.15, -0.1) is 0 Å². The van der Waals surface area contributed by atoms with Crippen LogP contribution in [0.15, 0.2) is 0 Å². The van der Waals surface area contributed by atoms with E-state index in [1.165, 1.54) is 4.90 Å². The number of carbonyl (C=O) groups excluding carboxylic acids is 2. The Hall–Kier alpha value is -0.940. The summed E-state index contributed by atoms with van der Waals surface area (Å²) >= 11 is 0. The number of hydrogen-bond donors (Lipinski definition) is 1. The zero-order valence-corrected chi connectivity index (χ0v) is 10.9. The number of imide groups is 1. The SMILES string of the molecule is CCOC(CN)CN1C(=O)CC(C)(C)CC1=O. The summed E-state index contributed by atoms with van der Waals surface area (Å²) in [6.45, 7) is 6.85. The van der Waals surface area contributed by atoms with Crippen LogP contribution < -0.4 is 5.73 Å². The summed E-state index contributed by atoms with van der Waals surface area (Å²) in [6.07, 6.45) is 0.554. The molecule has 1 heterocycles. The Morgan fingerprint density at radius 3 is 2.29 bits per heavy atom. The van der Waals surface area contributed by atoms with E-state index in [2.05, 4.69) is 0 Å². The van der Waals surface area contributed by atoms with Crippen molar-refractivity contribution in [3.8, 4) is 0 Å². The molecule has 17 heavy (non-hydrogen) atoms. The molecule has 1 fully saturated rings. The molecule has 2 N–H and O–H groups in total. The van der Waals surface area contributed by atoms with Crippen LogP contribution in [-0.2, 0) is 14.3 Å². The Balaban J connectivity index is 2.65. The van der Waals surface area contributed by atoms with Crippen LogP contribution in [-0.4, -0.2) is 42.5 Å². The fourth-order valence-electron chi connectivity index (χ4n) is 2.05. The van der Waals surface area contributed by atoms with Crippen molar-refractivity contribution in [2.24, 2.45) is 11.1 Å². The molecule has 98 valence electrons. The van der Waals surface area contributed by atoms with E-state index in [0.29, 0.717) is 26.0 Å². The van der Waals surface area contributed by atoms with Gasteiger partial charge < -0.3 is 10.5 Å². The maximum absolute atomic E-state index is 11.9. The highest BCUT2D eigenvalue weighted by molar-refractivity contribution is 5.98. The molecule has 0 saturated carbocycles. The van der Waals surface area contributed by atoms with Crippen LogP contribution >= 0.6 is 0 Å². The molecular weight excluding hydrogens is 220 g/mol. The molecule has 0 radical (unpaired) electrons. The average Bonchev–Trinajstić information content (AvgIpc) is 2.20. The third-order valence-electron chi connectivity index (χ3n) is 2.91. The summed E-state index contributed by atoms with van der Waals surface area (Å²) in [4.78, 5) is 25.1. The maximum Gasteiger partial charge on any atom is 0.229 e. The molecule has 0 aliphatic carbocycles. The van der Waals surface area contributed by atoms with Crippen LogP contribution in [0.2, 0.25) is 0 Å². The van der Waals surface area contributed by atoms with E-state index in [4.69, 9.17) is 10.5 Å². The minimum absolute atomic E-state index is 0.121. The molecule has 2 amide bonds. The van der Waals surface area contributed by atoms with Crippen LogP contribution in [0.25, 0.3) is 0 Å². The number of hydrogen-bond acceptors (Lipinski definition) is 4. The largest absolute Gasteiger partial charge is 0.375 e. The van der Waals surface area contributed by atoms with E-state index in [0.717, 1.165) is 0 Å². The highest BCUT2D eigenvalue weighted by Gasteiger charge is 2.38. The van der Waals surface area contributed by atoms with Gasteiger partial charge in [-0.3, -0.25) is 14.5 Å². The molecule has 1 unspecified atom stereocenters. The van der Waals surface area contributed by atoms with Crippen molar-refractivity contribution in [3.63, 3.8) is 0 Å². The van der Waals surface area contributed by atoms with E-state index >= 15 is 0 Å². The molecule has 1 aliphatic rings. The van der Waals surface area contributed by atoms with Gasteiger partial charge in [0.25, 0.3) is 0 Å². The van der Waals surface area contributed by atoms with Crippen molar-refractivity contribution in [3.05, 3.63) is 0 Å². The molecule has 1 rings (SSSR count). The van der Waals surface area contributed by atoms with E-state index in [-0.39, 0.29) is 29.9 Å². The van der Waals surface area contributed by atoms with Crippen LogP contribution in [0.1, 0.15) is 33.6 Å². The molecular formula is C12H22N2O3. The van der Waals surface area contributed by atoms with E-state index in [9.17, 15) is 9.59 Å². The lowest BCUT2D eigenvalue weighted by molar-refractivity contribution is -0.154. The lowest BCUT2D eigenvalue weighted by atomic mass is 9.81. The highest BCUT2D eigenvalue weighted by Crippen LogP contribution is 2.31. The number of nitrogens with two attached hydrogens (primary N) is 1. The van der Waals surface area contributed by atoms with Gasteiger partial charge in [-0.25, -0.2) is 0 Å². The Labute approximate surface area is 102 Å². The lowest BCUT2D eigenvalue weighted by Gasteiger charge is -2.36. The van der Waals surface area contributed by atoms with Crippen molar-refractivity contribution in [2.45, 2.75) is 39.7 Å². The van der Waals surface area contributed by atoms with Crippen molar-refractivity contribution in [1.29, 1.82) is 0 Å². The average molecular weight is 242 g/mol. The number of amides is 2. The number of likely N-dealkylation sites (tertiary alicyclic amines) is 1. The first-order chi connectivity index (χ1) is 7.89. The second kappa shape index (κ2) is 5.60. The highest BCUT2D eigenvalue weighted by atomic mass is 16.5. The molecule has 1 atom stereocenters. The van der Waals surface area contributed by atoms with Crippen molar-refractivity contribution < 1.29 is 14.3 Å². The van der Waals surface area contributed by atoms with Gasteiger partial charge in [0.2, 0.25) is 11.8 Å². The van der Waals surface area contributed by atoms with Crippen molar-refractivity contribution in [1.82, 2.24) is 4.90 Å². The summed E-state index contributed by atoms with van der Waals surface area (Å²) in [7, 11) is 0. The Morgan fingerprint density at radius 2 is 1.88 bits per heavy atom. The summed E-state index contributed by atoms with van der Waals surface area (Å²) < 4.78 is 5.37. The monoisotopic (exact) mass is 242 g/mol. The van der Waals surface area contributed by atoms with Gasteiger partial charge in [-0.05, 0) is 12.3 Å². The van der Waals surface area contributed by atoms with Crippen LogP contribution in [0.5, 0.6) is 0 Å². The fourth-order valence-corrected chi connectivity index (χ4v) is 2.05. The molecule has 1 aliphatic heterocycles. The maximum atomic E-state index is 11.9. The normalized spacial score (nSPS) is 21.8. The van der Waals surface area contributed by atoms with Gasteiger partial charge in [-0.2, -0.15) is 0 Å². The van der Waals surface area contributed by atoms with Gasteiger partial charge in [0.15, 0.2) is 0 Å². The van der Waals surface area contributed by atoms with E-state index < -0.39 is 0 Å². The molecule has 1 saturated heterocycles. The van der Waals surface area contributed by atoms with E-state index in [1.807, 2.05) is 20.8 Å². The Bertz CT molecular complexity index is 282. The molecule has 0 aromatic heterocycles. The Morgan fingerprint density at radius 1 is 1.35 bits per heavy atom. The summed E-state index contributed by atoms with van der Waals surface area (Å²) in [5.41, 5.74) is 5.32. The first-order valence-corrected chi connectivity index (χ1v) is 6.04. The quantitative estimate of drug-likeness (QED) is 0.714. The fraction of sp³-hybridized carbons (Fsp3) is 0.833. The van der Waals surface area contributed by atoms with Gasteiger partial charge >= 0.3 is 0 Å². The number of rotatable bonds is 5. The standard InChI is InChI=1S/C12H22N2O3/c1-4-17-9(7-13)8-14-10(15)5-12(2,3)6-11(14)16/h9H,4-8,13H2,1-3H3. The molecule has 5 nitrogen and oxygen atoms in total. The second-order valence-corrected chi connectivity index (χ2v) is 5.23. The zero-order chi connectivity index (χ0) is 13.1. The molecule has 0 aromatic rings. The first-order valence-electron chi connectivity index (χ1n) is 6.04. The minimum Gasteiger partial charge on any atom is -0.375 e. The predicted molar refractivity (Wildman–Crippen MR) is 64.2 cm³/mol. The third-order valence-corrected chi connectivity index (χ3v) is 2.91. The van der Waals surface area contributed by atoms with Crippen LogP contribution in [0.4, 0.5) is 0 Å². The topological polar surface area (TPSA) is 72.6 Å². The number of carbonyl (C=O) groups is 2. The molecule has 0 spiro atoms. The minimum atomic E-state index is -0.255. The molecule has 0 aromatic carbocycles. The van der Waals surface area contributed by atoms with Gasteiger partial charge in [0.1, 0.15) is 0 Å². The first kappa shape index (κ1) is 14.1. The third kappa shape index (κ3) is 3.78. The number of piperidine rings is 1. The molecule has 5 heteroatoms. The van der Waals surface area contributed by atoms with E-state index in [1.54, 1.807) is 0 Å². The molecule has 0 bridgehead atoms. The summed E-state index contributed by atoms with van der Waals surface area (Å²) in [6, 6.07) is 0. The smallest absolute Gasteiger partial charge is 0.229 e. The number of ether oxygens (including phenoxy) is 1. The van der Waals surface area contributed by atoms with Gasteiger partial charge in [-0.1, -0.05) is 13.8 Å². The van der Waals surface area contributed by atoms with Gasteiger partial charge in [0.05, 0.1) is 12.6 Å².